The number of ether oxygens (including phenoxy) is 2. The molecule has 5 nitrogen and oxygen atoms in total. The average Bonchev–Trinajstić information content (AvgIpc) is 2.45. The van der Waals surface area contributed by atoms with E-state index in [0.717, 1.165) is 0 Å². The van der Waals surface area contributed by atoms with Gasteiger partial charge in [0.25, 0.3) is 0 Å². The van der Waals surface area contributed by atoms with Gasteiger partial charge >= 0.3 is 11.9 Å². The molecule has 0 N–H and O–H groups in total. The van der Waals surface area contributed by atoms with E-state index in [1.165, 1.54) is 0 Å². The summed E-state index contributed by atoms with van der Waals surface area (Å²) in [6.07, 6.45) is 0. The zero-order valence-electron chi connectivity index (χ0n) is 11.5. The van der Waals surface area contributed by atoms with Crippen LogP contribution in [-0.4, -0.2) is 25.2 Å². The molecule has 0 amide bonds. The van der Waals surface area contributed by atoms with Gasteiger partial charge in [-0.15, -0.1) is 0 Å². The van der Waals surface area contributed by atoms with E-state index in [9.17, 15) is 14.9 Å². The summed E-state index contributed by atoms with van der Waals surface area (Å²) in [5, 5.41) is 9.21. The Kier molecular flexibility index (Phi) is 6.24. The standard InChI is InChI=1S/C15H17NO4/c1-3-19-14(17)12(10-16)13(15(18)20-4-2)11-8-6-5-7-9-11/h5-9,12-13H,3-4H2,1-2H3. The molecule has 0 radical (unpaired) electrons. The molecule has 1 aromatic rings. The van der Waals surface area contributed by atoms with Crippen molar-refractivity contribution in [2.24, 2.45) is 5.92 Å². The largest absolute Gasteiger partial charge is 0.465 e. The van der Waals surface area contributed by atoms with Gasteiger partial charge in [-0.25, -0.2) is 0 Å². The minimum Gasteiger partial charge on any atom is -0.465 e. The number of nitrogens with zero attached hydrogens (tertiary/aromatic N) is 1. The van der Waals surface area contributed by atoms with Crippen LogP contribution in [0.5, 0.6) is 0 Å². The molecule has 0 aromatic heterocycles. The SMILES string of the molecule is CCOC(=O)C(C#N)C(C(=O)OCC)c1ccccc1. The van der Waals surface area contributed by atoms with Crippen LogP contribution in [0.25, 0.3) is 0 Å². The van der Waals surface area contributed by atoms with Crippen molar-refractivity contribution in [1.29, 1.82) is 5.26 Å². The molecule has 0 aliphatic carbocycles. The Hall–Kier alpha value is -2.35. The molecule has 0 aliphatic rings. The number of carbonyl (C=O) groups is 2. The molecule has 0 bridgehead atoms. The number of carbonyl (C=O) groups excluding carboxylic acids is 2. The highest BCUT2D eigenvalue weighted by atomic mass is 16.5. The highest BCUT2D eigenvalue weighted by Gasteiger charge is 2.37. The third kappa shape index (κ3) is 3.82. The second-order valence-electron chi connectivity index (χ2n) is 4.00. The van der Waals surface area contributed by atoms with E-state index in [1.54, 1.807) is 44.2 Å². The fraction of sp³-hybridized carbons (Fsp3) is 0.400. The van der Waals surface area contributed by atoms with Crippen LogP contribution in [0.1, 0.15) is 25.3 Å². The topological polar surface area (TPSA) is 76.4 Å². The van der Waals surface area contributed by atoms with Crippen LogP contribution in [0.15, 0.2) is 30.3 Å². The summed E-state index contributed by atoms with van der Waals surface area (Å²) < 4.78 is 9.83. The van der Waals surface area contributed by atoms with Crippen molar-refractivity contribution in [1.82, 2.24) is 0 Å². The molecule has 0 saturated carbocycles. The third-order valence-corrected chi connectivity index (χ3v) is 2.71. The van der Waals surface area contributed by atoms with Gasteiger partial charge in [0.1, 0.15) is 5.92 Å². The highest BCUT2D eigenvalue weighted by molar-refractivity contribution is 5.88. The van der Waals surface area contributed by atoms with E-state index in [0.29, 0.717) is 5.56 Å². The molecule has 0 fully saturated rings. The molecular formula is C15H17NO4. The van der Waals surface area contributed by atoms with E-state index in [2.05, 4.69) is 0 Å². The number of nitriles is 1. The third-order valence-electron chi connectivity index (χ3n) is 2.71. The molecule has 2 atom stereocenters. The van der Waals surface area contributed by atoms with Crippen LogP contribution in [0.3, 0.4) is 0 Å². The van der Waals surface area contributed by atoms with Gasteiger partial charge in [0.15, 0.2) is 5.92 Å². The number of hydrogen-bond donors (Lipinski definition) is 0. The molecule has 5 heteroatoms. The number of benzene rings is 1. The highest BCUT2D eigenvalue weighted by Crippen LogP contribution is 2.27. The fourth-order valence-electron chi connectivity index (χ4n) is 1.85. The summed E-state index contributed by atoms with van der Waals surface area (Å²) in [5.41, 5.74) is 0.561. The smallest absolute Gasteiger partial charge is 0.324 e. The van der Waals surface area contributed by atoms with Crippen molar-refractivity contribution in [2.45, 2.75) is 19.8 Å². The second kappa shape index (κ2) is 7.95. The Bertz CT molecular complexity index is 492. The van der Waals surface area contributed by atoms with Gasteiger partial charge in [0, 0.05) is 0 Å². The van der Waals surface area contributed by atoms with Crippen molar-refractivity contribution in [3.8, 4) is 6.07 Å². The molecule has 0 spiro atoms. The van der Waals surface area contributed by atoms with Crippen molar-refractivity contribution in [3.05, 3.63) is 35.9 Å². The van der Waals surface area contributed by atoms with Gasteiger partial charge in [-0.1, -0.05) is 30.3 Å². The molecule has 1 rings (SSSR count). The maximum absolute atomic E-state index is 12.1. The average molecular weight is 275 g/mol. The van der Waals surface area contributed by atoms with E-state index < -0.39 is 23.8 Å². The monoisotopic (exact) mass is 275 g/mol. The van der Waals surface area contributed by atoms with Crippen molar-refractivity contribution in [3.63, 3.8) is 0 Å². The van der Waals surface area contributed by atoms with Crippen LogP contribution in [0, 0.1) is 17.2 Å². The van der Waals surface area contributed by atoms with Gasteiger partial charge in [0.05, 0.1) is 19.3 Å². The zero-order chi connectivity index (χ0) is 15.0. The first kappa shape index (κ1) is 15.7. The van der Waals surface area contributed by atoms with Crippen LogP contribution >= 0.6 is 0 Å². The van der Waals surface area contributed by atoms with Gasteiger partial charge in [-0.3, -0.25) is 9.59 Å². The second-order valence-corrected chi connectivity index (χ2v) is 4.00. The van der Waals surface area contributed by atoms with Crippen LogP contribution < -0.4 is 0 Å². The lowest BCUT2D eigenvalue weighted by Gasteiger charge is -2.19. The molecule has 20 heavy (non-hydrogen) atoms. The molecule has 2 unspecified atom stereocenters. The lowest BCUT2D eigenvalue weighted by molar-refractivity contribution is -0.154. The fourth-order valence-corrected chi connectivity index (χ4v) is 1.85. The summed E-state index contributed by atoms with van der Waals surface area (Å²) in [7, 11) is 0. The van der Waals surface area contributed by atoms with Crippen molar-refractivity contribution >= 4 is 11.9 Å². The summed E-state index contributed by atoms with van der Waals surface area (Å²) in [6, 6.07) is 10.5. The maximum Gasteiger partial charge on any atom is 0.324 e. The molecule has 1 aromatic carbocycles. The Morgan fingerprint density at radius 2 is 1.65 bits per heavy atom. The Morgan fingerprint density at radius 3 is 2.15 bits per heavy atom. The lowest BCUT2D eigenvalue weighted by atomic mass is 9.87. The minimum atomic E-state index is -1.21. The van der Waals surface area contributed by atoms with E-state index >= 15 is 0 Å². The van der Waals surface area contributed by atoms with E-state index in [4.69, 9.17) is 9.47 Å². The minimum absolute atomic E-state index is 0.154. The quantitative estimate of drug-likeness (QED) is 0.742. The number of hydrogen-bond acceptors (Lipinski definition) is 5. The van der Waals surface area contributed by atoms with Gasteiger partial charge in [-0.2, -0.15) is 5.26 Å². The molecule has 106 valence electrons. The summed E-state index contributed by atoms with van der Waals surface area (Å²) in [6.45, 7) is 3.66. The Labute approximate surface area is 118 Å². The van der Waals surface area contributed by atoms with Crippen molar-refractivity contribution in [2.75, 3.05) is 13.2 Å². The molecular weight excluding hydrogens is 258 g/mol. The molecule has 0 heterocycles. The summed E-state index contributed by atoms with van der Waals surface area (Å²) in [5.74, 6) is -3.49. The summed E-state index contributed by atoms with van der Waals surface area (Å²) in [4.78, 5) is 23.9. The van der Waals surface area contributed by atoms with Crippen LogP contribution in [-0.2, 0) is 19.1 Å². The molecule has 0 aliphatic heterocycles. The predicted molar refractivity (Wildman–Crippen MR) is 71.6 cm³/mol. The lowest BCUT2D eigenvalue weighted by Crippen LogP contribution is -2.30. The number of rotatable bonds is 6. The van der Waals surface area contributed by atoms with Crippen LogP contribution in [0.4, 0.5) is 0 Å². The van der Waals surface area contributed by atoms with E-state index in [-0.39, 0.29) is 13.2 Å². The number of esters is 2. The van der Waals surface area contributed by atoms with Gasteiger partial charge in [-0.05, 0) is 19.4 Å². The zero-order valence-corrected chi connectivity index (χ0v) is 11.5. The summed E-state index contributed by atoms with van der Waals surface area (Å²) >= 11 is 0. The van der Waals surface area contributed by atoms with Crippen LogP contribution in [0.2, 0.25) is 0 Å². The Morgan fingerprint density at radius 1 is 1.10 bits per heavy atom. The first-order chi connectivity index (χ1) is 9.65. The normalized spacial score (nSPS) is 12.8. The van der Waals surface area contributed by atoms with Crippen molar-refractivity contribution < 1.29 is 19.1 Å². The van der Waals surface area contributed by atoms with E-state index in [1.807, 2.05) is 6.07 Å². The predicted octanol–water partition coefficient (Wildman–Crippen LogP) is 2.04. The first-order valence-electron chi connectivity index (χ1n) is 6.43. The Balaban J connectivity index is 3.13. The first-order valence-corrected chi connectivity index (χ1v) is 6.43. The maximum atomic E-state index is 12.1. The van der Waals surface area contributed by atoms with Gasteiger partial charge < -0.3 is 9.47 Å². The molecule has 0 saturated heterocycles. The van der Waals surface area contributed by atoms with Gasteiger partial charge in [0.2, 0.25) is 0 Å².